The van der Waals surface area contributed by atoms with Gasteiger partial charge in [0.1, 0.15) is 16.5 Å². The molecule has 0 bridgehead atoms. The highest BCUT2D eigenvalue weighted by Crippen LogP contribution is 2.39. The Balaban J connectivity index is 2.68. The predicted molar refractivity (Wildman–Crippen MR) is 94.0 cm³/mol. The summed E-state index contributed by atoms with van der Waals surface area (Å²) in [7, 11) is 0. The van der Waals surface area contributed by atoms with E-state index in [1.54, 1.807) is 20.1 Å². The van der Waals surface area contributed by atoms with Crippen LogP contribution in [0.15, 0.2) is 17.2 Å². The van der Waals surface area contributed by atoms with Crippen LogP contribution in [-0.4, -0.2) is 21.9 Å². The van der Waals surface area contributed by atoms with Crippen LogP contribution in [-0.2, 0) is 11.0 Å². The quantitative estimate of drug-likeness (QED) is 0.668. The number of hydrogen-bond acceptors (Lipinski definition) is 3. The second-order valence-electron chi connectivity index (χ2n) is 5.08. The number of aromatic nitrogens is 2. The third-order valence-corrected chi connectivity index (χ3v) is 4.76. The van der Waals surface area contributed by atoms with Crippen molar-refractivity contribution in [1.82, 2.24) is 9.78 Å². The van der Waals surface area contributed by atoms with E-state index in [2.05, 4.69) is 10.4 Å². The molecule has 0 saturated heterocycles. The molecule has 0 aliphatic carbocycles. The first-order chi connectivity index (χ1) is 11.6. The number of amides is 1. The summed E-state index contributed by atoms with van der Waals surface area (Å²) in [5, 5.41) is 7.16. The molecule has 1 amide bonds. The summed E-state index contributed by atoms with van der Waals surface area (Å²) < 4.78 is 40.0. The third kappa shape index (κ3) is 4.07. The van der Waals surface area contributed by atoms with Gasteiger partial charge in [0.2, 0.25) is 5.91 Å². The van der Waals surface area contributed by atoms with Gasteiger partial charge in [0, 0.05) is 12.0 Å². The van der Waals surface area contributed by atoms with Gasteiger partial charge in [-0.2, -0.15) is 18.3 Å². The van der Waals surface area contributed by atoms with Crippen LogP contribution in [0.5, 0.6) is 0 Å². The van der Waals surface area contributed by atoms with E-state index < -0.39 is 11.7 Å². The van der Waals surface area contributed by atoms with Crippen LogP contribution < -0.4 is 5.32 Å². The van der Waals surface area contributed by atoms with Crippen molar-refractivity contribution in [3.63, 3.8) is 0 Å². The monoisotopic (exact) mass is 411 g/mol. The van der Waals surface area contributed by atoms with E-state index in [-0.39, 0.29) is 28.1 Å². The summed E-state index contributed by atoms with van der Waals surface area (Å²) in [6, 6.07) is 1.56. The van der Waals surface area contributed by atoms with Crippen LogP contribution in [0.3, 0.4) is 0 Å². The first kappa shape index (κ1) is 19.9. The summed E-state index contributed by atoms with van der Waals surface area (Å²) in [6.07, 6.45) is -2.55. The Kier molecular flexibility index (Phi) is 5.96. The molecule has 0 atom stereocenters. The van der Waals surface area contributed by atoms with Crippen LogP contribution in [0.25, 0.3) is 5.69 Å². The maximum atomic E-state index is 12.9. The molecule has 2 rings (SSSR count). The molecule has 0 fully saturated rings. The van der Waals surface area contributed by atoms with Crippen LogP contribution in [0, 0.1) is 6.92 Å². The molecule has 0 aliphatic rings. The first-order valence-electron chi connectivity index (χ1n) is 7.10. The SMILES string of the molecule is CCC(=O)Nc1c(C)c(SC)nn1-c1c(Cl)cc(C(F)(F)F)cc1Cl. The zero-order chi connectivity index (χ0) is 18.9. The normalized spacial score (nSPS) is 11.7. The van der Waals surface area contributed by atoms with Gasteiger partial charge in [-0.05, 0) is 25.3 Å². The van der Waals surface area contributed by atoms with Crippen molar-refractivity contribution in [3.8, 4) is 5.69 Å². The minimum atomic E-state index is -4.57. The molecule has 0 unspecified atom stereocenters. The molecule has 25 heavy (non-hydrogen) atoms. The molecule has 136 valence electrons. The van der Waals surface area contributed by atoms with Gasteiger partial charge >= 0.3 is 6.18 Å². The van der Waals surface area contributed by atoms with Gasteiger partial charge in [-0.15, -0.1) is 11.8 Å². The molecule has 0 radical (unpaired) electrons. The molecule has 1 heterocycles. The van der Waals surface area contributed by atoms with Gasteiger partial charge in [0.05, 0.1) is 15.6 Å². The van der Waals surface area contributed by atoms with Crippen molar-refractivity contribution in [1.29, 1.82) is 0 Å². The average molecular weight is 412 g/mol. The minimum Gasteiger partial charge on any atom is -0.310 e. The van der Waals surface area contributed by atoms with Gasteiger partial charge in [-0.1, -0.05) is 30.1 Å². The molecule has 0 saturated carbocycles. The zero-order valence-corrected chi connectivity index (χ0v) is 15.8. The number of anilines is 1. The Morgan fingerprint density at radius 1 is 1.32 bits per heavy atom. The molecular weight excluding hydrogens is 398 g/mol. The van der Waals surface area contributed by atoms with Gasteiger partial charge < -0.3 is 5.32 Å². The highest BCUT2D eigenvalue weighted by Gasteiger charge is 2.33. The zero-order valence-electron chi connectivity index (χ0n) is 13.5. The highest BCUT2D eigenvalue weighted by atomic mass is 35.5. The molecule has 0 spiro atoms. The van der Waals surface area contributed by atoms with Crippen molar-refractivity contribution in [3.05, 3.63) is 33.3 Å². The number of carbonyl (C=O) groups excluding carboxylic acids is 1. The molecule has 2 aromatic rings. The number of hydrogen-bond donors (Lipinski definition) is 1. The van der Waals surface area contributed by atoms with Crippen LogP contribution in [0.2, 0.25) is 10.0 Å². The lowest BCUT2D eigenvalue weighted by molar-refractivity contribution is -0.137. The number of thioether (sulfide) groups is 1. The Morgan fingerprint density at radius 3 is 2.32 bits per heavy atom. The number of halogens is 5. The van der Waals surface area contributed by atoms with E-state index in [4.69, 9.17) is 23.2 Å². The second-order valence-corrected chi connectivity index (χ2v) is 6.69. The van der Waals surface area contributed by atoms with Crippen molar-refractivity contribution in [2.45, 2.75) is 31.5 Å². The van der Waals surface area contributed by atoms with Crippen molar-refractivity contribution in [2.75, 3.05) is 11.6 Å². The molecule has 10 heteroatoms. The van der Waals surface area contributed by atoms with E-state index in [1.165, 1.54) is 16.4 Å². The van der Waals surface area contributed by atoms with Gasteiger partial charge in [0.25, 0.3) is 0 Å². The van der Waals surface area contributed by atoms with Crippen LogP contribution in [0.4, 0.5) is 19.0 Å². The Morgan fingerprint density at radius 2 is 1.88 bits per heavy atom. The van der Waals surface area contributed by atoms with Gasteiger partial charge in [-0.25, -0.2) is 4.68 Å². The van der Waals surface area contributed by atoms with Crippen molar-refractivity contribution >= 4 is 46.7 Å². The number of carbonyl (C=O) groups is 1. The Bertz CT molecular complexity index is 798. The van der Waals surface area contributed by atoms with Crippen LogP contribution in [0.1, 0.15) is 24.5 Å². The summed E-state index contributed by atoms with van der Waals surface area (Å²) in [6.45, 7) is 3.42. The fraction of sp³-hybridized carbons (Fsp3) is 0.333. The van der Waals surface area contributed by atoms with E-state index in [0.29, 0.717) is 16.4 Å². The number of benzene rings is 1. The lowest BCUT2D eigenvalue weighted by Gasteiger charge is -2.15. The van der Waals surface area contributed by atoms with Gasteiger partial charge in [0.15, 0.2) is 0 Å². The predicted octanol–water partition coefficient (Wildman–Crippen LogP) is 5.58. The van der Waals surface area contributed by atoms with Crippen molar-refractivity contribution in [2.24, 2.45) is 0 Å². The maximum absolute atomic E-state index is 12.9. The fourth-order valence-corrected chi connectivity index (χ4v) is 3.34. The fourth-order valence-electron chi connectivity index (χ4n) is 2.13. The molecule has 0 aliphatic heterocycles. The highest BCUT2D eigenvalue weighted by molar-refractivity contribution is 7.98. The first-order valence-corrected chi connectivity index (χ1v) is 9.08. The second kappa shape index (κ2) is 7.47. The summed E-state index contributed by atoms with van der Waals surface area (Å²) in [5.74, 6) is 0.0517. The largest absolute Gasteiger partial charge is 0.416 e. The van der Waals surface area contributed by atoms with E-state index in [0.717, 1.165) is 12.1 Å². The number of alkyl halides is 3. The van der Waals surface area contributed by atoms with E-state index >= 15 is 0 Å². The molecular formula is C15H14Cl2F3N3OS. The minimum absolute atomic E-state index is 0.0751. The van der Waals surface area contributed by atoms with Crippen molar-refractivity contribution < 1.29 is 18.0 Å². The smallest absolute Gasteiger partial charge is 0.310 e. The molecule has 4 nitrogen and oxygen atoms in total. The van der Waals surface area contributed by atoms with Gasteiger partial charge in [-0.3, -0.25) is 4.79 Å². The number of nitrogens with one attached hydrogen (secondary N) is 1. The lowest BCUT2D eigenvalue weighted by atomic mass is 10.2. The number of rotatable bonds is 4. The standard InChI is InChI=1S/C15H14Cl2F3N3OS/c1-4-11(24)21-13-7(2)14(25-3)22-23(13)12-9(16)5-8(6-10(12)17)15(18,19)20/h5-6H,4H2,1-3H3,(H,21,24). The lowest BCUT2D eigenvalue weighted by Crippen LogP contribution is -2.15. The van der Waals surface area contributed by atoms with E-state index in [9.17, 15) is 18.0 Å². The average Bonchev–Trinajstić information content (AvgIpc) is 2.82. The third-order valence-electron chi connectivity index (χ3n) is 3.41. The summed E-state index contributed by atoms with van der Waals surface area (Å²) in [5.41, 5.74) is -0.216. The van der Waals surface area contributed by atoms with E-state index in [1.807, 2.05) is 0 Å². The summed E-state index contributed by atoms with van der Waals surface area (Å²) in [4.78, 5) is 11.8. The Labute approximate surface area is 156 Å². The Hall–Kier alpha value is -1.38. The molecule has 1 aromatic heterocycles. The molecule has 1 N–H and O–H groups in total. The maximum Gasteiger partial charge on any atom is 0.416 e. The summed E-state index contributed by atoms with van der Waals surface area (Å²) >= 11 is 13.4. The topological polar surface area (TPSA) is 46.9 Å². The number of nitrogens with zero attached hydrogens (tertiary/aromatic N) is 2. The van der Waals surface area contributed by atoms with Crippen LogP contribution >= 0.6 is 35.0 Å². The molecule has 1 aromatic carbocycles.